The minimum absolute atomic E-state index is 0.222. The van der Waals surface area contributed by atoms with Gasteiger partial charge in [-0.2, -0.15) is 0 Å². The van der Waals surface area contributed by atoms with E-state index in [1.807, 2.05) is 0 Å². The molecule has 0 atom stereocenters. The van der Waals surface area contributed by atoms with Crippen molar-refractivity contribution >= 4 is 11.9 Å². The molecule has 0 saturated carbocycles. The third-order valence-corrected chi connectivity index (χ3v) is 2.71. The SMILES string of the molecule is O=C(O)c1cc2c(cc1C(=O)O)CC(O)C2. The van der Waals surface area contributed by atoms with Crippen molar-refractivity contribution < 1.29 is 24.9 Å². The number of rotatable bonds is 2. The van der Waals surface area contributed by atoms with Crippen molar-refractivity contribution in [2.45, 2.75) is 18.9 Å². The maximum atomic E-state index is 10.9. The Morgan fingerprint density at radius 3 is 1.69 bits per heavy atom. The molecule has 0 amide bonds. The van der Waals surface area contributed by atoms with E-state index in [0.29, 0.717) is 12.8 Å². The lowest BCUT2D eigenvalue weighted by molar-refractivity contribution is 0.0651. The Bertz CT molecular complexity index is 435. The van der Waals surface area contributed by atoms with Gasteiger partial charge < -0.3 is 15.3 Å². The number of carboxylic acids is 2. The van der Waals surface area contributed by atoms with Gasteiger partial charge in [-0.3, -0.25) is 0 Å². The molecule has 0 saturated heterocycles. The summed E-state index contributed by atoms with van der Waals surface area (Å²) < 4.78 is 0. The number of carbonyl (C=O) groups is 2. The summed E-state index contributed by atoms with van der Waals surface area (Å²) in [7, 11) is 0. The Balaban J connectivity index is 2.58. The lowest BCUT2D eigenvalue weighted by Gasteiger charge is -2.05. The fraction of sp³-hybridized carbons (Fsp3) is 0.273. The zero-order valence-electron chi connectivity index (χ0n) is 8.30. The van der Waals surface area contributed by atoms with Crippen LogP contribution in [0.5, 0.6) is 0 Å². The van der Waals surface area contributed by atoms with Gasteiger partial charge in [0.05, 0.1) is 17.2 Å². The third-order valence-electron chi connectivity index (χ3n) is 2.71. The summed E-state index contributed by atoms with van der Waals surface area (Å²) in [6.07, 6.45) is 0.228. The second-order valence-corrected chi connectivity index (χ2v) is 3.84. The number of carboxylic acid groups (broad SMARTS) is 2. The van der Waals surface area contributed by atoms with Crippen LogP contribution < -0.4 is 0 Å². The van der Waals surface area contributed by atoms with Crippen LogP contribution in [0.1, 0.15) is 31.8 Å². The molecule has 16 heavy (non-hydrogen) atoms. The molecule has 84 valence electrons. The Morgan fingerprint density at radius 1 is 1.00 bits per heavy atom. The van der Waals surface area contributed by atoms with Gasteiger partial charge in [0, 0.05) is 0 Å². The molecule has 0 unspecified atom stereocenters. The number of hydrogen-bond acceptors (Lipinski definition) is 3. The number of fused-ring (bicyclic) bond motifs is 1. The van der Waals surface area contributed by atoms with Crippen molar-refractivity contribution in [3.05, 3.63) is 34.4 Å². The van der Waals surface area contributed by atoms with E-state index < -0.39 is 18.0 Å². The number of aromatic carboxylic acids is 2. The van der Waals surface area contributed by atoms with E-state index in [9.17, 15) is 14.7 Å². The molecule has 0 fully saturated rings. The number of benzene rings is 1. The van der Waals surface area contributed by atoms with E-state index in [2.05, 4.69) is 0 Å². The van der Waals surface area contributed by atoms with Crippen LogP contribution in [0.3, 0.4) is 0 Å². The van der Waals surface area contributed by atoms with Gasteiger partial charge in [0.2, 0.25) is 0 Å². The van der Waals surface area contributed by atoms with Crippen molar-refractivity contribution in [1.82, 2.24) is 0 Å². The first-order valence-corrected chi connectivity index (χ1v) is 4.79. The van der Waals surface area contributed by atoms with Gasteiger partial charge >= 0.3 is 11.9 Å². The van der Waals surface area contributed by atoms with Crippen molar-refractivity contribution in [1.29, 1.82) is 0 Å². The highest BCUT2D eigenvalue weighted by Gasteiger charge is 2.25. The molecule has 1 aliphatic rings. The topological polar surface area (TPSA) is 94.8 Å². The molecule has 0 heterocycles. The first-order valence-electron chi connectivity index (χ1n) is 4.79. The minimum atomic E-state index is -1.26. The Morgan fingerprint density at radius 2 is 1.38 bits per heavy atom. The molecule has 1 aromatic rings. The van der Waals surface area contributed by atoms with Crippen molar-refractivity contribution in [2.24, 2.45) is 0 Å². The molecule has 0 radical (unpaired) electrons. The van der Waals surface area contributed by atoms with Crippen molar-refractivity contribution in [3.8, 4) is 0 Å². The van der Waals surface area contributed by atoms with Gasteiger partial charge in [-0.15, -0.1) is 0 Å². The van der Waals surface area contributed by atoms with Crippen LogP contribution in [0.2, 0.25) is 0 Å². The van der Waals surface area contributed by atoms with Gasteiger partial charge in [0.15, 0.2) is 0 Å². The van der Waals surface area contributed by atoms with Crippen molar-refractivity contribution in [3.63, 3.8) is 0 Å². The Hall–Kier alpha value is -1.88. The number of hydrogen-bond donors (Lipinski definition) is 3. The molecule has 1 aliphatic carbocycles. The highest BCUT2D eigenvalue weighted by Crippen LogP contribution is 2.26. The summed E-state index contributed by atoms with van der Waals surface area (Å²) in [5, 5.41) is 27.2. The molecule has 5 nitrogen and oxygen atoms in total. The molecule has 0 bridgehead atoms. The summed E-state index contributed by atoms with van der Waals surface area (Å²) in [4.78, 5) is 21.8. The van der Waals surface area contributed by atoms with Gasteiger partial charge in [-0.1, -0.05) is 0 Å². The van der Waals surface area contributed by atoms with E-state index in [1.54, 1.807) is 0 Å². The van der Waals surface area contributed by atoms with Crippen LogP contribution in [-0.2, 0) is 12.8 Å². The molecule has 1 aromatic carbocycles. The molecule has 3 N–H and O–H groups in total. The Labute approximate surface area is 91.0 Å². The summed E-state index contributed by atoms with van der Waals surface area (Å²) in [5.41, 5.74) is 0.991. The van der Waals surface area contributed by atoms with Crippen LogP contribution in [0.25, 0.3) is 0 Å². The predicted molar refractivity (Wildman–Crippen MR) is 53.8 cm³/mol. The quantitative estimate of drug-likeness (QED) is 0.679. The number of aliphatic hydroxyl groups excluding tert-OH is 1. The van der Waals surface area contributed by atoms with Crippen molar-refractivity contribution in [2.75, 3.05) is 0 Å². The minimum Gasteiger partial charge on any atom is -0.478 e. The summed E-state index contributed by atoms with van der Waals surface area (Å²) in [6.45, 7) is 0. The van der Waals surface area contributed by atoms with Gasteiger partial charge in [-0.05, 0) is 36.1 Å². The summed E-state index contributed by atoms with van der Waals surface area (Å²) in [6, 6.07) is 2.69. The predicted octanol–water partition coefficient (Wildman–Crippen LogP) is 0.542. The molecule has 5 heteroatoms. The Kier molecular flexibility index (Phi) is 2.40. The third kappa shape index (κ3) is 1.65. The first-order chi connectivity index (χ1) is 7.49. The maximum absolute atomic E-state index is 10.9. The number of aliphatic hydroxyl groups is 1. The zero-order chi connectivity index (χ0) is 11.9. The average molecular weight is 222 g/mol. The lowest BCUT2D eigenvalue weighted by atomic mass is 10.00. The highest BCUT2D eigenvalue weighted by molar-refractivity contribution is 6.02. The molecular formula is C11H10O5. The molecule has 0 aliphatic heterocycles. The fourth-order valence-electron chi connectivity index (χ4n) is 2.00. The standard InChI is InChI=1S/C11H10O5/c12-7-1-5-3-8(10(13)14)9(11(15)16)4-6(5)2-7/h3-4,7,12H,1-2H2,(H,13,14)(H,15,16). The van der Waals surface area contributed by atoms with Gasteiger partial charge in [0.25, 0.3) is 0 Å². The second-order valence-electron chi connectivity index (χ2n) is 3.84. The maximum Gasteiger partial charge on any atom is 0.336 e. The largest absolute Gasteiger partial charge is 0.478 e. The van der Waals surface area contributed by atoms with E-state index in [1.165, 1.54) is 12.1 Å². The van der Waals surface area contributed by atoms with Crippen LogP contribution in [0.4, 0.5) is 0 Å². The zero-order valence-corrected chi connectivity index (χ0v) is 8.30. The summed E-state index contributed by atoms with van der Waals surface area (Å²) >= 11 is 0. The van der Waals surface area contributed by atoms with E-state index in [4.69, 9.17) is 10.2 Å². The average Bonchev–Trinajstić information content (AvgIpc) is 2.54. The van der Waals surface area contributed by atoms with Crippen LogP contribution >= 0.6 is 0 Å². The van der Waals surface area contributed by atoms with E-state index >= 15 is 0 Å². The monoisotopic (exact) mass is 222 g/mol. The van der Waals surface area contributed by atoms with Crippen LogP contribution in [-0.4, -0.2) is 33.4 Å². The first kappa shape index (κ1) is 10.6. The molecule has 2 rings (SSSR count). The lowest BCUT2D eigenvalue weighted by Crippen LogP contribution is -2.09. The second kappa shape index (κ2) is 3.61. The highest BCUT2D eigenvalue weighted by atomic mass is 16.4. The van der Waals surface area contributed by atoms with E-state index in [-0.39, 0.29) is 11.1 Å². The fourth-order valence-corrected chi connectivity index (χ4v) is 2.00. The van der Waals surface area contributed by atoms with Gasteiger partial charge in [0.1, 0.15) is 0 Å². The molecule has 0 spiro atoms. The van der Waals surface area contributed by atoms with Gasteiger partial charge in [-0.25, -0.2) is 9.59 Å². The van der Waals surface area contributed by atoms with Crippen LogP contribution in [0, 0.1) is 0 Å². The summed E-state index contributed by atoms with van der Waals surface area (Å²) in [5.74, 6) is -2.52. The van der Waals surface area contributed by atoms with E-state index in [0.717, 1.165) is 11.1 Å². The smallest absolute Gasteiger partial charge is 0.336 e. The van der Waals surface area contributed by atoms with Crippen LogP contribution in [0.15, 0.2) is 12.1 Å². The normalized spacial score (nSPS) is 14.8. The molecule has 0 aromatic heterocycles. The molecular weight excluding hydrogens is 212 g/mol.